The van der Waals surface area contributed by atoms with Crippen LogP contribution >= 0.6 is 0 Å². The first-order valence-electron chi connectivity index (χ1n) is 13.3. The van der Waals surface area contributed by atoms with Crippen molar-refractivity contribution in [1.29, 1.82) is 0 Å². The van der Waals surface area contributed by atoms with E-state index in [4.69, 9.17) is 41.2 Å². The Morgan fingerprint density at radius 2 is 0.932 bits per heavy atom. The molecule has 4 fully saturated rings. The fourth-order valence-corrected chi connectivity index (χ4v) is 5.50. The van der Waals surface area contributed by atoms with Gasteiger partial charge in [0.2, 0.25) is 5.91 Å². The van der Waals surface area contributed by atoms with Crippen LogP contribution in [0.2, 0.25) is 0 Å². The largest absolute Gasteiger partial charge is 0.490 e. The third kappa shape index (κ3) is 16.3. The highest BCUT2D eigenvalue weighted by atomic mass is 19.4. The molecule has 4 rings (SSSR count). The van der Waals surface area contributed by atoms with Gasteiger partial charge in [-0.1, -0.05) is 0 Å². The maximum atomic E-state index is 12.6. The molecule has 8 N–H and O–H groups in total. The number of rotatable bonds is 9. The Bertz CT molecular complexity index is 838. The van der Waals surface area contributed by atoms with Crippen molar-refractivity contribution < 1.29 is 74.0 Å². The van der Waals surface area contributed by atoms with Crippen LogP contribution in [0.15, 0.2) is 0 Å². The van der Waals surface area contributed by atoms with Crippen LogP contribution in [-0.2, 0) is 19.2 Å². The molecule has 0 aliphatic heterocycles. The minimum absolute atomic E-state index is 0.205. The van der Waals surface area contributed by atoms with E-state index in [9.17, 15) is 44.3 Å². The molecule has 4 saturated carbocycles. The summed E-state index contributed by atoms with van der Waals surface area (Å²) in [5.41, 5.74) is 11.2. The second kappa shape index (κ2) is 18.2. The molecular formula is C24H37F9N4O7. The van der Waals surface area contributed by atoms with Crippen LogP contribution in [0.25, 0.3) is 0 Å². The summed E-state index contributed by atoms with van der Waals surface area (Å²) in [5, 5.41) is 24.8. The fraction of sp³-hybridized carbons (Fsp3) is 0.833. The molecule has 1 amide bonds. The van der Waals surface area contributed by atoms with Gasteiger partial charge in [-0.05, 0) is 94.8 Å². The van der Waals surface area contributed by atoms with Crippen molar-refractivity contribution in [3.63, 3.8) is 0 Å². The topological polar surface area (TPSA) is 196 Å². The zero-order valence-corrected chi connectivity index (χ0v) is 23.4. The normalized spacial score (nSPS) is 23.7. The van der Waals surface area contributed by atoms with Crippen LogP contribution in [0, 0.1) is 23.7 Å². The van der Waals surface area contributed by atoms with Crippen LogP contribution in [0.5, 0.6) is 0 Å². The Morgan fingerprint density at radius 3 is 1.18 bits per heavy atom. The number of aliphatic carboxylic acids is 3. The van der Waals surface area contributed by atoms with E-state index < -0.39 is 36.4 Å². The number of amides is 1. The zero-order chi connectivity index (χ0) is 34.5. The van der Waals surface area contributed by atoms with Crippen molar-refractivity contribution in [2.24, 2.45) is 35.1 Å². The molecule has 4 aliphatic rings. The minimum Gasteiger partial charge on any atom is -0.475 e. The highest BCUT2D eigenvalue weighted by molar-refractivity contribution is 5.78. The van der Waals surface area contributed by atoms with E-state index >= 15 is 0 Å². The molecule has 258 valence electrons. The van der Waals surface area contributed by atoms with Crippen LogP contribution in [0.4, 0.5) is 39.5 Å². The molecule has 0 unspecified atom stereocenters. The molecule has 0 saturated heterocycles. The molecule has 4 bridgehead atoms. The van der Waals surface area contributed by atoms with Crippen LogP contribution in [0.3, 0.4) is 0 Å². The van der Waals surface area contributed by atoms with E-state index in [1.807, 2.05) is 0 Å². The number of alkyl halides is 9. The monoisotopic (exact) mass is 664 g/mol. The lowest BCUT2D eigenvalue weighted by molar-refractivity contribution is -0.193. The summed E-state index contributed by atoms with van der Waals surface area (Å²) in [4.78, 5) is 41.5. The van der Waals surface area contributed by atoms with Gasteiger partial charge < -0.3 is 32.1 Å². The molecule has 0 heterocycles. The van der Waals surface area contributed by atoms with Crippen molar-refractivity contribution in [1.82, 2.24) is 10.2 Å². The Morgan fingerprint density at radius 1 is 0.636 bits per heavy atom. The van der Waals surface area contributed by atoms with E-state index in [2.05, 4.69) is 10.2 Å². The smallest absolute Gasteiger partial charge is 0.475 e. The first-order chi connectivity index (χ1) is 20.0. The molecule has 11 nitrogen and oxygen atoms in total. The standard InChI is InChI=1S/C18H34N4O.3C2HF3O2/c19-3-1-5-22(6-2-4-20)12-17(23)21-18-15-8-13-7-14(10-15)11-16(18)9-13;3*3-2(4,5)1(6)7/h13-16,18H,1-12,19-20H2,(H,21,23);3*(H,6,7). The van der Waals surface area contributed by atoms with E-state index in [1.54, 1.807) is 0 Å². The van der Waals surface area contributed by atoms with Crippen molar-refractivity contribution in [2.45, 2.75) is 69.5 Å². The summed E-state index contributed by atoms with van der Waals surface area (Å²) in [6.45, 7) is 3.65. The number of nitrogens with zero attached hydrogens (tertiary/aromatic N) is 1. The van der Waals surface area contributed by atoms with Gasteiger partial charge in [0.15, 0.2) is 0 Å². The predicted molar refractivity (Wildman–Crippen MR) is 134 cm³/mol. The summed E-state index contributed by atoms with van der Waals surface area (Å²) in [6, 6.07) is 0.446. The second-order valence-electron chi connectivity index (χ2n) is 10.5. The van der Waals surface area contributed by atoms with Crippen LogP contribution in [0.1, 0.15) is 44.9 Å². The maximum absolute atomic E-state index is 12.6. The predicted octanol–water partition coefficient (Wildman–Crippen LogP) is 2.83. The Balaban J connectivity index is 0.000000721. The average Bonchev–Trinajstić information content (AvgIpc) is 2.86. The number of halogens is 9. The Labute approximate surface area is 246 Å². The zero-order valence-electron chi connectivity index (χ0n) is 23.4. The number of nitrogens with two attached hydrogens (primary N) is 2. The maximum Gasteiger partial charge on any atom is 0.490 e. The van der Waals surface area contributed by atoms with Crippen LogP contribution < -0.4 is 16.8 Å². The number of hydrogen-bond acceptors (Lipinski definition) is 7. The van der Waals surface area contributed by atoms with Gasteiger partial charge >= 0.3 is 36.4 Å². The molecule has 20 heteroatoms. The van der Waals surface area contributed by atoms with Gasteiger partial charge in [-0.2, -0.15) is 39.5 Å². The molecular weight excluding hydrogens is 627 g/mol. The quantitative estimate of drug-likeness (QED) is 0.200. The van der Waals surface area contributed by atoms with Crippen molar-refractivity contribution in [3.8, 4) is 0 Å². The fourth-order valence-electron chi connectivity index (χ4n) is 5.50. The van der Waals surface area contributed by atoms with Gasteiger partial charge in [0.05, 0.1) is 6.54 Å². The Hall–Kier alpha value is -2.87. The third-order valence-corrected chi connectivity index (χ3v) is 7.01. The lowest BCUT2D eigenvalue weighted by atomic mass is 9.54. The SMILES string of the molecule is NCCCN(CCCN)CC(=O)NC1C2CC3CC(C2)CC1C3.O=C(O)C(F)(F)F.O=C(O)C(F)(F)F.O=C(O)C(F)(F)F. The number of nitrogens with one attached hydrogen (secondary N) is 1. The van der Waals surface area contributed by atoms with Gasteiger partial charge in [-0.25, -0.2) is 14.4 Å². The number of carboxylic acid groups (broad SMARTS) is 3. The molecule has 44 heavy (non-hydrogen) atoms. The first kappa shape index (κ1) is 41.1. The first-order valence-corrected chi connectivity index (χ1v) is 13.3. The second-order valence-corrected chi connectivity index (χ2v) is 10.5. The van der Waals surface area contributed by atoms with Gasteiger partial charge in [-0.3, -0.25) is 9.69 Å². The summed E-state index contributed by atoms with van der Waals surface area (Å²) in [6.07, 6.45) is -6.51. The van der Waals surface area contributed by atoms with E-state index in [-0.39, 0.29) is 5.91 Å². The molecule has 0 aromatic carbocycles. The molecule has 0 spiro atoms. The van der Waals surface area contributed by atoms with E-state index in [0.29, 0.717) is 25.7 Å². The number of carbonyl (C=O) groups excluding carboxylic acids is 1. The number of carboxylic acids is 3. The van der Waals surface area contributed by atoms with Crippen molar-refractivity contribution in [3.05, 3.63) is 0 Å². The number of carbonyl (C=O) groups is 4. The molecule has 0 aromatic rings. The minimum atomic E-state index is -5.08. The number of hydrogen-bond donors (Lipinski definition) is 6. The molecule has 4 aliphatic carbocycles. The lowest BCUT2D eigenvalue weighted by Crippen LogP contribution is -2.57. The van der Waals surface area contributed by atoms with Gasteiger partial charge in [-0.15, -0.1) is 0 Å². The summed E-state index contributed by atoms with van der Waals surface area (Å²) < 4.78 is 95.2. The molecule has 0 radical (unpaired) electrons. The Kier molecular flexibility index (Phi) is 17.0. The molecule has 0 aromatic heterocycles. The van der Waals surface area contributed by atoms with Crippen LogP contribution in [-0.4, -0.2) is 101 Å². The van der Waals surface area contributed by atoms with E-state index in [1.165, 1.54) is 32.1 Å². The highest BCUT2D eigenvalue weighted by Crippen LogP contribution is 2.53. The van der Waals surface area contributed by atoms with Gasteiger partial charge in [0.25, 0.3) is 0 Å². The molecule has 0 atom stereocenters. The summed E-state index contributed by atoms with van der Waals surface area (Å²) >= 11 is 0. The average molecular weight is 665 g/mol. The highest BCUT2D eigenvalue weighted by Gasteiger charge is 2.48. The van der Waals surface area contributed by atoms with Crippen molar-refractivity contribution >= 4 is 23.8 Å². The van der Waals surface area contributed by atoms with Gasteiger partial charge in [0.1, 0.15) is 0 Å². The summed E-state index contributed by atoms with van der Waals surface area (Å²) in [5.74, 6) is -4.66. The van der Waals surface area contributed by atoms with Crippen molar-refractivity contribution in [2.75, 3.05) is 32.7 Å². The summed E-state index contributed by atoms with van der Waals surface area (Å²) in [7, 11) is 0. The third-order valence-electron chi connectivity index (χ3n) is 7.01. The van der Waals surface area contributed by atoms with Gasteiger partial charge in [0, 0.05) is 6.04 Å². The lowest BCUT2D eigenvalue weighted by Gasteiger charge is -2.54. The van der Waals surface area contributed by atoms with E-state index in [0.717, 1.165) is 49.6 Å².